The normalized spacial score (nSPS) is 12.0. The molecule has 1 unspecified atom stereocenters. The van der Waals surface area contributed by atoms with E-state index in [9.17, 15) is 4.79 Å². The second-order valence-corrected chi connectivity index (χ2v) is 8.64. The summed E-state index contributed by atoms with van der Waals surface area (Å²) in [6, 6.07) is 11.3. The number of carbonyl (C=O) groups is 1. The molecule has 0 fully saturated rings. The number of benzene rings is 2. The van der Waals surface area contributed by atoms with Crippen molar-refractivity contribution >= 4 is 28.4 Å². The first-order valence-corrected chi connectivity index (χ1v) is 12.1. The number of ketones is 1. The lowest BCUT2D eigenvalue weighted by molar-refractivity contribution is 0.0995. The van der Waals surface area contributed by atoms with Crippen LogP contribution in [0.3, 0.4) is 0 Å². The van der Waals surface area contributed by atoms with Gasteiger partial charge in [-0.05, 0) is 45.9 Å². The van der Waals surface area contributed by atoms with Crippen LogP contribution >= 0.6 is 11.8 Å². The van der Waals surface area contributed by atoms with Gasteiger partial charge in [-0.2, -0.15) is 0 Å². The van der Waals surface area contributed by atoms with Crippen LogP contribution in [-0.2, 0) is 0 Å². The van der Waals surface area contributed by atoms with Gasteiger partial charge in [0.15, 0.2) is 17.3 Å². The largest absolute Gasteiger partial charge is 0.490 e. The number of H-pyrrole nitrogens is 1. The lowest BCUT2D eigenvalue weighted by Gasteiger charge is -2.16. The predicted octanol–water partition coefficient (Wildman–Crippen LogP) is 5.78. The number of aromatic nitrogens is 3. The van der Waals surface area contributed by atoms with Gasteiger partial charge in [0.2, 0.25) is 11.6 Å². The fourth-order valence-corrected chi connectivity index (χ4v) is 4.34. The maximum Gasteiger partial charge on any atom is 0.277 e. The molecule has 2 aromatic carbocycles. The third kappa shape index (κ3) is 4.89. The molecule has 0 radical (unpaired) electrons. The van der Waals surface area contributed by atoms with Crippen molar-refractivity contribution in [3.63, 3.8) is 0 Å². The van der Waals surface area contributed by atoms with Crippen molar-refractivity contribution in [3.05, 3.63) is 48.2 Å². The fourth-order valence-electron chi connectivity index (χ4n) is 3.59. The van der Waals surface area contributed by atoms with E-state index in [1.54, 1.807) is 18.3 Å². The Morgan fingerprint density at radius 3 is 2.38 bits per heavy atom. The predicted molar refractivity (Wildman–Crippen MR) is 131 cm³/mol. The van der Waals surface area contributed by atoms with Crippen LogP contribution in [0.4, 0.5) is 0 Å². The molecule has 1 atom stereocenters. The summed E-state index contributed by atoms with van der Waals surface area (Å²) in [5.74, 6) is 1.92. The zero-order valence-electron chi connectivity index (χ0n) is 19.6. The molecule has 2 aromatic heterocycles. The number of hydrogen-bond donors (Lipinski definition) is 1. The zero-order chi connectivity index (χ0) is 24.1. The van der Waals surface area contributed by atoms with Crippen LogP contribution < -0.4 is 14.2 Å². The van der Waals surface area contributed by atoms with E-state index in [0.29, 0.717) is 59.3 Å². The van der Waals surface area contributed by atoms with Gasteiger partial charge in [0.25, 0.3) is 5.22 Å². The number of thioether (sulfide) groups is 1. The Bertz CT molecular complexity index is 1260. The molecule has 0 amide bonds. The van der Waals surface area contributed by atoms with Gasteiger partial charge in [-0.1, -0.05) is 30.0 Å². The van der Waals surface area contributed by atoms with Gasteiger partial charge in [0.1, 0.15) is 0 Å². The Kier molecular flexibility index (Phi) is 7.42. The first kappa shape index (κ1) is 23.7. The van der Waals surface area contributed by atoms with E-state index in [4.69, 9.17) is 18.6 Å². The number of Topliss-reactive ketones (excluding diaryl/α,β-unsaturated/α-hetero) is 1. The second-order valence-electron chi connectivity index (χ2n) is 7.35. The molecule has 0 saturated heterocycles. The van der Waals surface area contributed by atoms with E-state index < -0.39 is 5.25 Å². The molecular weight excluding hydrogens is 454 g/mol. The molecule has 0 aliphatic heterocycles. The highest BCUT2D eigenvalue weighted by Gasteiger charge is 2.23. The van der Waals surface area contributed by atoms with Crippen molar-refractivity contribution in [1.29, 1.82) is 0 Å². The minimum atomic E-state index is -0.411. The lowest BCUT2D eigenvalue weighted by Crippen LogP contribution is -2.13. The monoisotopic (exact) mass is 481 g/mol. The second kappa shape index (κ2) is 10.6. The number of carbonyl (C=O) groups excluding carboxylic acids is 1. The summed E-state index contributed by atoms with van der Waals surface area (Å²) in [5.41, 5.74) is 2.21. The molecule has 4 aromatic rings. The Hall–Kier alpha value is -3.46. The van der Waals surface area contributed by atoms with E-state index in [2.05, 4.69) is 15.2 Å². The fraction of sp³-hybridized carbons (Fsp3) is 0.320. The van der Waals surface area contributed by atoms with Gasteiger partial charge < -0.3 is 23.6 Å². The summed E-state index contributed by atoms with van der Waals surface area (Å²) in [6.45, 7) is 8.94. The number of para-hydroxylation sites is 1. The summed E-state index contributed by atoms with van der Waals surface area (Å²) in [5, 5.41) is 9.12. The summed E-state index contributed by atoms with van der Waals surface area (Å²) >= 11 is 1.22. The Labute approximate surface area is 202 Å². The maximum absolute atomic E-state index is 13.1. The molecular formula is C25H27N3O5S. The number of rotatable bonds is 11. The maximum atomic E-state index is 13.1. The van der Waals surface area contributed by atoms with Gasteiger partial charge in [-0.25, -0.2) is 0 Å². The molecule has 34 heavy (non-hydrogen) atoms. The third-order valence-electron chi connectivity index (χ3n) is 5.06. The number of nitrogens with zero attached hydrogens (tertiary/aromatic N) is 2. The van der Waals surface area contributed by atoms with E-state index in [0.717, 1.165) is 10.9 Å². The molecule has 8 nitrogen and oxygen atoms in total. The van der Waals surface area contributed by atoms with Crippen molar-refractivity contribution in [2.45, 2.75) is 38.2 Å². The van der Waals surface area contributed by atoms with Gasteiger partial charge >= 0.3 is 0 Å². The minimum absolute atomic E-state index is 0.0134. The average Bonchev–Trinajstić information content (AvgIpc) is 3.48. The highest BCUT2D eigenvalue weighted by Crippen LogP contribution is 2.42. The van der Waals surface area contributed by atoms with E-state index in [1.807, 2.05) is 52.0 Å². The Balaban J connectivity index is 1.57. The van der Waals surface area contributed by atoms with Crippen LogP contribution in [0.1, 0.15) is 38.1 Å². The first-order chi connectivity index (χ1) is 16.5. The molecule has 1 N–H and O–H groups in total. The van der Waals surface area contributed by atoms with E-state index in [-0.39, 0.29) is 5.78 Å². The van der Waals surface area contributed by atoms with Crippen LogP contribution in [0.5, 0.6) is 17.2 Å². The molecule has 178 valence electrons. The topological polar surface area (TPSA) is 99.5 Å². The molecule has 4 rings (SSSR count). The van der Waals surface area contributed by atoms with Gasteiger partial charge in [-0.3, -0.25) is 4.79 Å². The standard InChI is InChI=1S/C25H27N3O5S/c1-5-30-20-12-16(13-21(31-6-2)23(20)32-7-3)24-27-28-25(33-24)34-15(4)22(29)18-14-26-19-11-9-8-10-17(18)19/h8-15,26H,5-7H2,1-4H3. The molecule has 0 aliphatic carbocycles. The zero-order valence-corrected chi connectivity index (χ0v) is 20.4. The highest BCUT2D eigenvalue weighted by molar-refractivity contribution is 8.00. The van der Waals surface area contributed by atoms with Crippen molar-refractivity contribution in [3.8, 4) is 28.7 Å². The lowest BCUT2D eigenvalue weighted by atomic mass is 10.1. The molecule has 9 heteroatoms. The van der Waals surface area contributed by atoms with Crippen molar-refractivity contribution in [2.75, 3.05) is 19.8 Å². The summed E-state index contributed by atoms with van der Waals surface area (Å²) in [6.07, 6.45) is 1.74. The van der Waals surface area contributed by atoms with Crippen molar-refractivity contribution < 1.29 is 23.4 Å². The highest BCUT2D eigenvalue weighted by atomic mass is 32.2. The minimum Gasteiger partial charge on any atom is -0.490 e. The smallest absolute Gasteiger partial charge is 0.277 e. The molecule has 0 aliphatic rings. The average molecular weight is 482 g/mol. The molecule has 2 heterocycles. The number of nitrogens with one attached hydrogen (secondary N) is 1. The summed E-state index contributed by atoms with van der Waals surface area (Å²) in [7, 11) is 0. The third-order valence-corrected chi connectivity index (χ3v) is 6.00. The first-order valence-electron chi connectivity index (χ1n) is 11.2. The van der Waals surface area contributed by atoms with Crippen LogP contribution in [-0.4, -0.2) is 46.0 Å². The molecule has 0 saturated carbocycles. The van der Waals surface area contributed by atoms with E-state index in [1.165, 1.54) is 11.8 Å². The number of hydrogen-bond acceptors (Lipinski definition) is 8. The SMILES string of the molecule is CCOc1cc(-c2nnc(SC(C)C(=O)c3c[nH]c4ccccc34)o2)cc(OCC)c1OCC. The Morgan fingerprint density at radius 2 is 1.71 bits per heavy atom. The van der Waals surface area contributed by atoms with Gasteiger partial charge in [0.05, 0.1) is 25.1 Å². The number of ether oxygens (including phenoxy) is 3. The van der Waals surface area contributed by atoms with Crippen LogP contribution in [0.15, 0.2) is 52.2 Å². The number of fused-ring (bicyclic) bond motifs is 1. The van der Waals surface area contributed by atoms with Gasteiger partial charge in [0, 0.05) is 28.2 Å². The molecule has 0 spiro atoms. The number of aromatic amines is 1. The van der Waals surface area contributed by atoms with Gasteiger partial charge in [-0.15, -0.1) is 10.2 Å². The quantitative estimate of drug-likeness (QED) is 0.213. The van der Waals surface area contributed by atoms with Crippen LogP contribution in [0.2, 0.25) is 0 Å². The molecule has 0 bridgehead atoms. The van der Waals surface area contributed by atoms with Crippen LogP contribution in [0.25, 0.3) is 22.4 Å². The van der Waals surface area contributed by atoms with Crippen molar-refractivity contribution in [1.82, 2.24) is 15.2 Å². The van der Waals surface area contributed by atoms with Crippen LogP contribution in [0, 0.1) is 0 Å². The Morgan fingerprint density at radius 1 is 1.03 bits per heavy atom. The van der Waals surface area contributed by atoms with Crippen molar-refractivity contribution in [2.24, 2.45) is 0 Å². The summed E-state index contributed by atoms with van der Waals surface area (Å²) in [4.78, 5) is 16.2. The van der Waals surface area contributed by atoms with E-state index >= 15 is 0 Å². The summed E-state index contributed by atoms with van der Waals surface area (Å²) < 4.78 is 23.2.